The van der Waals surface area contributed by atoms with Gasteiger partial charge in [-0.2, -0.15) is 0 Å². The zero-order valence-corrected chi connectivity index (χ0v) is 24.8. The maximum Gasteiger partial charge on any atom is 0.512 e. The summed E-state index contributed by atoms with van der Waals surface area (Å²) in [6.45, 7) is 4.72. The molecule has 0 bridgehead atoms. The van der Waals surface area contributed by atoms with Crippen molar-refractivity contribution in [2.24, 2.45) is 0 Å². The number of ketones is 1. The summed E-state index contributed by atoms with van der Waals surface area (Å²) in [5, 5.41) is 10.2. The van der Waals surface area contributed by atoms with E-state index in [4.69, 9.17) is 4.74 Å². The number of hydrogen-bond donors (Lipinski definition) is 1. The number of unbranched alkanes of at least 4 members (excludes halogenated alkanes) is 14. The lowest BCUT2D eigenvalue weighted by Crippen LogP contribution is -2.12. The van der Waals surface area contributed by atoms with Crippen LogP contribution in [0.4, 0.5) is 4.79 Å². The van der Waals surface area contributed by atoms with Gasteiger partial charge in [0.05, 0.1) is 17.6 Å². The molecular weight excluding hydrogens is 498 g/mol. The molecular formula is C35H49NO4. The average Bonchev–Trinajstić information content (AvgIpc) is 3.24. The highest BCUT2D eigenvalue weighted by Gasteiger charge is 2.25. The smallest absolute Gasteiger partial charge is 0.449 e. The Bertz CT molecular complexity index is 1180. The molecule has 3 rings (SSSR count). The van der Waals surface area contributed by atoms with Gasteiger partial charge >= 0.3 is 6.16 Å². The Morgan fingerprint density at radius 3 is 1.80 bits per heavy atom. The van der Waals surface area contributed by atoms with Gasteiger partial charge in [-0.15, -0.1) is 0 Å². The van der Waals surface area contributed by atoms with Crippen molar-refractivity contribution >= 4 is 22.8 Å². The number of ether oxygens (including phenoxy) is 1. The first-order valence-electron chi connectivity index (χ1n) is 15.6. The molecule has 0 aliphatic carbocycles. The highest BCUT2D eigenvalue weighted by atomic mass is 16.7. The third-order valence-corrected chi connectivity index (χ3v) is 7.85. The molecule has 0 saturated carbocycles. The predicted molar refractivity (Wildman–Crippen MR) is 165 cm³/mol. The number of para-hydroxylation sites is 1. The Morgan fingerprint density at radius 2 is 1.25 bits per heavy atom. The van der Waals surface area contributed by atoms with Crippen molar-refractivity contribution in [2.45, 2.75) is 123 Å². The number of aromatic nitrogens is 1. The van der Waals surface area contributed by atoms with Crippen LogP contribution in [0.1, 0.15) is 131 Å². The summed E-state index contributed by atoms with van der Waals surface area (Å²) in [7, 11) is 0. The standard InChI is InChI=1S/C35H49NO4/c1-3-4-5-6-7-8-9-10-11-12-13-14-15-16-17-22-32(37)33-30-20-18-19-21-31(30)36(34(33)40-35(38)39)27-29-25-23-28(2)24-26-29/h18-21,23-26H,3-17,22,27H2,1-2H3,(H,38,39). The van der Waals surface area contributed by atoms with Gasteiger partial charge in [0.2, 0.25) is 5.88 Å². The molecule has 0 aliphatic heterocycles. The van der Waals surface area contributed by atoms with E-state index in [0.29, 0.717) is 18.5 Å². The summed E-state index contributed by atoms with van der Waals surface area (Å²) in [5.41, 5.74) is 3.36. The van der Waals surface area contributed by atoms with E-state index < -0.39 is 6.16 Å². The minimum atomic E-state index is -1.41. The molecule has 1 aromatic heterocycles. The van der Waals surface area contributed by atoms with Gasteiger partial charge in [-0.25, -0.2) is 4.79 Å². The van der Waals surface area contributed by atoms with Crippen LogP contribution in [-0.4, -0.2) is 21.6 Å². The van der Waals surface area contributed by atoms with Crippen molar-refractivity contribution in [3.8, 4) is 5.88 Å². The lowest BCUT2D eigenvalue weighted by Gasteiger charge is -2.11. The molecule has 0 atom stereocenters. The van der Waals surface area contributed by atoms with Crippen LogP contribution >= 0.6 is 0 Å². The highest BCUT2D eigenvalue weighted by molar-refractivity contribution is 6.11. The summed E-state index contributed by atoms with van der Waals surface area (Å²) >= 11 is 0. The Hall–Kier alpha value is -3.08. The number of benzene rings is 2. The number of Topliss-reactive ketones (excluding diaryl/α,β-unsaturated/α-hetero) is 1. The molecule has 1 heterocycles. The molecule has 0 fully saturated rings. The lowest BCUT2D eigenvalue weighted by atomic mass is 10.0. The van der Waals surface area contributed by atoms with E-state index in [1.807, 2.05) is 60.0 Å². The van der Waals surface area contributed by atoms with Crippen molar-refractivity contribution in [3.63, 3.8) is 0 Å². The normalized spacial score (nSPS) is 11.2. The number of hydrogen-bond acceptors (Lipinski definition) is 3. The van der Waals surface area contributed by atoms with Crippen LogP contribution in [0.5, 0.6) is 5.88 Å². The van der Waals surface area contributed by atoms with E-state index in [2.05, 4.69) is 6.92 Å². The van der Waals surface area contributed by atoms with Gasteiger partial charge in [0, 0.05) is 11.8 Å². The minimum absolute atomic E-state index is 0.0511. The van der Waals surface area contributed by atoms with Crippen molar-refractivity contribution in [1.82, 2.24) is 4.57 Å². The van der Waals surface area contributed by atoms with Crippen LogP contribution in [-0.2, 0) is 6.54 Å². The largest absolute Gasteiger partial charge is 0.512 e. The van der Waals surface area contributed by atoms with Gasteiger partial charge in [0.15, 0.2) is 5.78 Å². The fourth-order valence-corrected chi connectivity index (χ4v) is 5.55. The van der Waals surface area contributed by atoms with Crippen LogP contribution in [0.3, 0.4) is 0 Å². The zero-order chi connectivity index (χ0) is 28.6. The van der Waals surface area contributed by atoms with Gasteiger partial charge in [-0.1, -0.05) is 145 Å². The summed E-state index contributed by atoms with van der Waals surface area (Å²) in [5.74, 6) is 0.0741. The topological polar surface area (TPSA) is 68.5 Å². The summed E-state index contributed by atoms with van der Waals surface area (Å²) < 4.78 is 7.08. The molecule has 5 heteroatoms. The summed E-state index contributed by atoms with van der Waals surface area (Å²) in [6, 6.07) is 15.7. The fraction of sp³-hybridized carbons (Fsp3) is 0.543. The Balaban J connectivity index is 1.47. The first-order chi connectivity index (χ1) is 19.5. The minimum Gasteiger partial charge on any atom is -0.449 e. The van der Waals surface area contributed by atoms with Gasteiger partial charge in [-0.3, -0.25) is 4.79 Å². The SMILES string of the molecule is CCCCCCCCCCCCCCCCCC(=O)c1c(OC(=O)O)n(Cc2ccc(C)cc2)c2ccccc12. The van der Waals surface area contributed by atoms with Crippen LogP contribution in [0, 0.1) is 6.92 Å². The first-order valence-corrected chi connectivity index (χ1v) is 15.6. The Labute approximate surface area is 240 Å². The van der Waals surface area contributed by atoms with E-state index in [-0.39, 0.29) is 11.7 Å². The van der Waals surface area contributed by atoms with Gasteiger partial charge in [-0.05, 0) is 25.0 Å². The van der Waals surface area contributed by atoms with E-state index in [9.17, 15) is 14.7 Å². The number of fused-ring (bicyclic) bond motifs is 1. The Kier molecular flexibility index (Phi) is 13.8. The van der Waals surface area contributed by atoms with Crippen molar-refractivity contribution in [3.05, 3.63) is 65.2 Å². The van der Waals surface area contributed by atoms with Crippen LogP contribution in [0.15, 0.2) is 48.5 Å². The second-order valence-corrected chi connectivity index (χ2v) is 11.3. The van der Waals surface area contributed by atoms with Crippen molar-refractivity contribution in [1.29, 1.82) is 0 Å². The predicted octanol–water partition coefficient (Wildman–Crippen LogP) is 10.5. The lowest BCUT2D eigenvalue weighted by molar-refractivity contribution is 0.0975. The van der Waals surface area contributed by atoms with Crippen molar-refractivity contribution in [2.75, 3.05) is 0 Å². The third kappa shape index (κ3) is 10.1. The number of nitrogens with zero attached hydrogens (tertiary/aromatic N) is 1. The van der Waals surface area contributed by atoms with E-state index in [1.165, 1.54) is 77.0 Å². The summed E-state index contributed by atoms with van der Waals surface area (Å²) in [6.07, 6.45) is 18.1. The van der Waals surface area contributed by atoms with E-state index >= 15 is 0 Å². The van der Waals surface area contributed by atoms with Crippen molar-refractivity contribution < 1.29 is 19.4 Å². The molecule has 0 amide bonds. The first kappa shape index (κ1) is 31.4. The number of carbonyl (C=O) groups excluding carboxylic acids is 1. The third-order valence-electron chi connectivity index (χ3n) is 7.85. The van der Waals surface area contributed by atoms with E-state index in [0.717, 1.165) is 41.3 Å². The molecule has 0 spiro atoms. The van der Waals surface area contributed by atoms with Crippen LogP contribution in [0.25, 0.3) is 10.9 Å². The number of carbonyl (C=O) groups is 2. The van der Waals surface area contributed by atoms with Gasteiger partial charge in [0.25, 0.3) is 0 Å². The molecule has 0 aliphatic rings. The van der Waals surface area contributed by atoms with Crippen LogP contribution in [0.2, 0.25) is 0 Å². The molecule has 2 aromatic carbocycles. The zero-order valence-electron chi connectivity index (χ0n) is 24.8. The molecule has 0 saturated heterocycles. The van der Waals surface area contributed by atoms with Gasteiger partial charge in [0.1, 0.15) is 0 Å². The molecule has 0 unspecified atom stereocenters. The maximum absolute atomic E-state index is 13.4. The average molecular weight is 548 g/mol. The number of rotatable bonds is 20. The monoisotopic (exact) mass is 547 g/mol. The van der Waals surface area contributed by atoms with Crippen LogP contribution < -0.4 is 4.74 Å². The number of carboxylic acid groups (broad SMARTS) is 1. The molecule has 0 radical (unpaired) electrons. The molecule has 218 valence electrons. The number of aryl methyl sites for hydroxylation is 1. The quantitative estimate of drug-likeness (QED) is 0.0867. The highest BCUT2D eigenvalue weighted by Crippen LogP contribution is 2.35. The molecule has 40 heavy (non-hydrogen) atoms. The fourth-order valence-electron chi connectivity index (χ4n) is 5.55. The second kappa shape index (κ2) is 17.6. The second-order valence-electron chi connectivity index (χ2n) is 11.3. The van der Waals surface area contributed by atoms with Gasteiger partial charge < -0.3 is 14.4 Å². The molecule has 1 N–H and O–H groups in total. The molecule has 5 nitrogen and oxygen atoms in total. The summed E-state index contributed by atoms with van der Waals surface area (Å²) in [4.78, 5) is 25.0. The molecule has 3 aromatic rings. The maximum atomic E-state index is 13.4. The Morgan fingerprint density at radius 1 is 0.725 bits per heavy atom. The van der Waals surface area contributed by atoms with E-state index in [1.54, 1.807) is 0 Å².